The van der Waals surface area contributed by atoms with Crippen LogP contribution in [0.1, 0.15) is 6.92 Å². The van der Waals surface area contributed by atoms with E-state index in [1.165, 1.54) is 0 Å². The largest absolute Gasteiger partial charge is 0.380 e. The fraction of sp³-hybridized carbons (Fsp3) is 0.250. The molecule has 0 radical (unpaired) electrons. The summed E-state index contributed by atoms with van der Waals surface area (Å²) in [7, 11) is 0. The number of rotatable bonds is 7. The zero-order valence-electron chi connectivity index (χ0n) is 14.2. The molecule has 0 aliphatic rings. The Hall–Kier alpha value is -3.21. The molecule has 0 aromatic heterocycles. The lowest BCUT2D eigenvalue weighted by Gasteiger charge is -2.06. The van der Waals surface area contributed by atoms with E-state index >= 15 is 0 Å². The standard InChI is InChI=1S/C10H13FN2O3.C6H3F2NO2/c1-2-16-6-5-12-9-7-8(11)3-4-10(9)13(14)15;7-4-1-2-6(9(10)11)5(8)3-4/h3-4,7,12H,2,5-6H2,1H3;1-3H. The van der Waals surface area contributed by atoms with Crippen molar-refractivity contribution in [1.82, 2.24) is 0 Å². The summed E-state index contributed by atoms with van der Waals surface area (Å²) in [6.45, 7) is 3.25. The number of nitrogens with one attached hydrogen (secondary N) is 1. The van der Waals surface area contributed by atoms with Gasteiger partial charge in [-0.3, -0.25) is 20.2 Å². The molecule has 0 heterocycles. The second kappa shape index (κ2) is 10.7. The molecule has 2 aromatic carbocycles. The molecule has 0 amide bonds. The second-order valence-corrected chi connectivity index (χ2v) is 4.90. The van der Waals surface area contributed by atoms with Crippen LogP contribution in [-0.4, -0.2) is 29.6 Å². The summed E-state index contributed by atoms with van der Waals surface area (Å²) in [5.41, 5.74) is -0.686. The number of hydrogen-bond acceptors (Lipinski definition) is 6. The molecule has 8 nitrogen and oxygen atoms in total. The lowest BCUT2D eigenvalue weighted by Crippen LogP contribution is -2.10. The van der Waals surface area contributed by atoms with Crippen LogP contribution in [0, 0.1) is 37.7 Å². The Bertz CT molecular complexity index is 805. The van der Waals surface area contributed by atoms with Crippen molar-refractivity contribution in [2.45, 2.75) is 6.92 Å². The summed E-state index contributed by atoms with van der Waals surface area (Å²) in [6.07, 6.45) is 0. The number of nitrogens with zero attached hydrogens (tertiary/aromatic N) is 2. The van der Waals surface area contributed by atoms with Gasteiger partial charge in [0.1, 0.15) is 17.3 Å². The van der Waals surface area contributed by atoms with Crippen LogP contribution in [0.2, 0.25) is 0 Å². The zero-order chi connectivity index (χ0) is 20.4. The minimum Gasteiger partial charge on any atom is -0.380 e. The first-order valence-electron chi connectivity index (χ1n) is 7.61. The van der Waals surface area contributed by atoms with Gasteiger partial charge in [0, 0.05) is 37.4 Å². The van der Waals surface area contributed by atoms with Crippen LogP contribution in [0.25, 0.3) is 0 Å². The van der Waals surface area contributed by atoms with Crippen molar-refractivity contribution in [2.24, 2.45) is 0 Å². The quantitative estimate of drug-likeness (QED) is 0.436. The van der Waals surface area contributed by atoms with Crippen molar-refractivity contribution in [2.75, 3.05) is 25.1 Å². The van der Waals surface area contributed by atoms with Gasteiger partial charge < -0.3 is 10.1 Å². The van der Waals surface area contributed by atoms with E-state index in [2.05, 4.69) is 5.32 Å². The van der Waals surface area contributed by atoms with Gasteiger partial charge in [0.25, 0.3) is 5.69 Å². The van der Waals surface area contributed by atoms with E-state index in [4.69, 9.17) is 4.74 Å². The molecule has 0 atom stereocenters. The third-order valence-corrected chi connectivity index (χ3v) is 3.03. The predicted molar refractivity (Wildman–Crippen MR) is 91.0 cm³/mol. The number of nitro groups is 2. The molecule has 0 unspecified atom stereocenters. The van der Waals surface area contributed by atoms with Crippen LogP contribution < -0.4 is 5.32 Å². The van der Waals surface area contributed by atoms with Gasteiger partial charge in [0.2, 0.25) is 5.82 Å². The van der Waals surface area contributed by atoms with Gasteiger partial charge in [0.05, 0.1) is 16.5 Å². The molecule has 0 spiro atoms. The van der Waals surface area contributed by atoms with Crippen molar-refractivity contribution in [3.63, 3.8) is 0 Å². The molecule has 1 N–H and O–H groups in total. The van der Waals surface area contributed by atoms with E-state index in [-0.39, 0.29) is 11.4 Å². The molecule has 0 saturated heterocycles. The fourth-order valence-corrected chi connectivity index (χ4v) is 1.84. The number of nitro benzene ring substituents is 2. The van der Waals surface area contributed by atoms with Crippen molar-refractivity contribution < 1.29 is 27.8 Å². The highest BCUT2D eigenvalue weighted by molar-refractivity contribution is 5.61. The maximum absolute atomic E-state index is 12.9. The van der Waals surface area contributed by atoms with E-state index in [0.29, 0.717) is 25.8 Å². The van der Waals surface area contributed by atoms with E-state index in [1.807, 2.05) is 6.92 Å². The van der Waals surface area contributed by atoms with Crippen LogP contribution in [-0.2, 0) is 4.74 Å². The molecule has 11 heteroatoms. The predicted octanol–water partition coefficient (Wildman–Crippen LogP) is 4.06. The van der Waals surface area contributed by atoms with Gasteiger partial charge in [-0.1, -0.05) is 0 Å². The third kappa shape index (κ3) is 7.28. The normalized spacial score (nSPS) is 9.93. The lowest BCUT2D eigenvalue weighted by atomic mass is 10.2. The summed E-state index contributed by atoms with van der Waals surface area (Å²) < 4.78 is 42.5. The lowest BCUT2D eigenvalue weighted by molar-refractivity contribution is -0.387. The van der Waals surface area contributed by atoms with Crippen molar-refractivity contribution in [1.29, 1.82) is 0 Å². The monoisotopic (exact) mass is 387 g/mol. The first kappa shape index (κ1) is 21.8. The Morgan fingerprint density at radius 3 is 2.04 bits per heavy atom. The Morgan fingerprint density at radius 1 is 0.963 bits per heavy atom. The number of halogens is 3. The topological polar surface area (TPSA) is 108 Å². The molecule has 0 aliphatic heterocycles. The van der Waals surface area contributed by atoms with Gasteiger partial charge in [0.15, 0.2) is 0 Å². The number of ether oxygens (including phenoxy) is 1. The van der Waals surface area contributed by atoms with Crippen LogP contribution in [0.5, 0.6) is 0 Å². The number of benzene rings is 2. The molecule has 0 fully saturated rings. The second-order valence-electron chi connectivity index (χ2n) is 4.90. The molecule has 2 aromatic rings. The summed E-state index contributed by atoms with van der Waals surface area (Å²) in [5.74, 6) is -2.49. The SMILES string of the molecule is CCOCCNc1cc(F)ccc1[N+](=O)[O-].O=[N+]([O-])c1ccc(F)cc1F. The summed E-state index contributed by atoms with van der Waals surface area (Å²) in [5, 5.41) is 23.4. The molecule has 146 valence electrons. The van der Waals surface area contributed by atoms with Gasteiger partial charge >= 0.3 is 5.69 Å². The zero-order valence-corrected chi connectivity index (χ0v) is 14.2. The smallest absolute Gasteiger partial charge is 0.304 e. The molecule has 2 rings (SSSR count). The summed E-state index contributed by atoms with van der Waals surface area (Å²) in [4.78, 5) is 19.1. The molecule has 0 aliphatic carbocycles. The van der Waals surface area contributed by atoms with E-state index in [9.17, 15) is 33.4 Å². The van der Waals surface area contributed by atoms with Crippen LogP contribution in [0.15, 0.2) is 36.4 Å². The Balaban J connectivity index is 0.000000289. The molecule has 0 bridgehead atoms. The highest BCUT2D eigenvalue weighted by Gasteiger charge is 2.14. The van der Waals surface area contributed by atoms with Gasteiger partial charge in [-0.15, -0.1) is 0 Å². The van der Waals surface area contributed by atoms with Crippen molar-refractivity contribution >= 4 is 17.1 Å². The van der Waals surface area contributed by atoms with Gasteiger partial charge in [-0.25, -0.2) is 8.78 Å². The van der Waals surface area contributed by atoms with Crippen molar-refractivity contribution in [3.05, 3.63) is 74.1 Å². The molecule has 27 heavy (non-hydrogen) atoms. The highest BCUT2D eigenvalue weighted by Crippen LogP contribution is 2.24. The average molecular weight is 387 g/mol. The molecular formula is C16H16F3N3O5. The average Bonchev–Trinajstić information content (AvgIpc) is 2.58. The van der Waals surface area contributed by atoms with Crippen LogP contribution >= 0.6 is 0 Å². The number of anilines is 1. The minimum atomic E-state index is -1.16. The third-order valence-electron chi connectivity index (χ3n) is 3.03. The van der Waals surface area contributed by atoms with E-state index < -0.39 is 33.0 Å². The van der Waals surface area contributed by atoms with Gasteiger partial charge in [-0.2, -0.15) is 4.39 Å². The Morgan fingerprint density at radius 2 is 1.52 bits per heavy atom. The minimum absolute atomic E-state index is 0.141. The Labute approximate surface area is 151 Å². The number of hydrogen-bond donors (Lipinski definition) is 1. The maximum Gasteiger partial charge on any atom is 0.304 e. The summed E-state index contributed by atoms with van der Waals surface area (Å²) >= 11 is 0. The van der Waals surface area contributed by atoms with Gasteiger partial charge in [-0.05, 0) is 19.1 Å². The van der Waals surface area contributed by atoms with Crippen LogP contribution in [0.4, 0.5) is 30.2 Å². The van der Waals surface area contributed by atoms with E-state index in [0.717, 1.165) is 30.3 Å². The molecule has 0 saturated carbocycles. The molecular weight excluding hydrogens is 371 g/mol. The maximum atomic E-state index is 12.9. The first-order chi connectivity index (χ1) is 12.8. The van der Waals surface area contributed by atoms with Crippen LogP contribution in [0.3, 0.4) is 0 Å². The summed E-state index contributed by atoms with van der Waals surface area (Å²) in [6, 6.07) is 5.39. The first-order valence-corrected chi connectivity index (χ1v) is 7.61. The van der Waals surface area contributed by atoms with Crippen molar-refractivity contribution in [3.8, 4) is 0 Å². The fourth-order valence-electron chi connectivity index (χ4n) is 1.84. The van der Waals surface area contributed by atoms with E-state index in [1.54, 1.807) is 0 Å². The highest BCUT2D eigenvalue weighted by atomic mass is 19.1. The Kier molecular flexibility index (Phi) is 8.66.